The molecule has 0 atom stereocenters. The zero-order valence-electron chi connectivity index (χ0n) is 14.7. The molecule has 1 aliphatic carbocycles. The molecular formula is C20H23N5O. The zero-order valence-corrected chi connectivity index (χ0v) is 14.7. The molecule has 0 bridgehead atoms. The minimum Gasteiger partial charge on any atom is -0.381 e. The molecule has 1 fully saturated rings. The van der Waals surface area contributed by atoms with Crippen molar-refractivity contribution in [2.45, 2.75) is 44.7 Å². The maximum absolute atomic E-state index is 12.8. The van der Waals surface area contributed by atoms with E-state index >= 15 is 0 Å². The van der Waals surface area contributed by atoms with E-state index in [1.165, 1.54) is 19.3 Å². The van der Waals surface area contributed by atoms with Crippen LogP contribution in [0.3, 0.4) is 0 Å². The van der Waals surface area contributed by atoms with E-state index in [-0.39, 0.29) is 5.91 Å². The molecule has 26 heavy (non-hydrogen) atoms. The summed E-state index contributed by atoms with van der Waals surface area (Å²) in [5.74, 6) is -0.122. The Hall–Kier alpha value is -2.89. The topological polar surface area (TPSA) is 82.7 Å². The summed E-state index contributed by atoms with van der Waals surface area (Å²) in [6, 6.07) is 10.3. The Balaban J connectivity index is 1.58. The molecule has 6 heteroatoms. The van der Waals surface area contributed by atoms with Gasteiger partial charge in [-0.1, -0.05) is 49.6 Å². The molecule has 134 valence electrons. The third kappa shape index (κ3) is 3.54. The van der Waals surface area contributed by atoms with Gasteiger partial charge in [-0.05, 0) is 18.4 Å². The van der Waals surface area contributed by atoms with Crippen LogP contribution in [0.25, 0.3) is 11.0 Å². The molecule has 0 saturated heterocycles. The first-order chi connectivity index (χ1) is 12.8. The quantitative estimate of drug-likeness (QED) is 0.657. The number of rotatable bonds is 5. The molecule has 0 aliphatic heterocycles. The molecule has 3 N–H and O–H groups in total. The Labute approximate surface area is 152 Å². The fourth-order valence-corrected chi connectivity index (χ4v) is 3.55. The minimum absolute atomic E-state index is 0.122. The molecule has 6 nitrogen and oxygen atoms in total. The monoisotopic (exact) mass is 349 g/mol. The predicted octanol–water partition coefficient (Wildman–Crippen LogP) is 3.63. The van der Waals surface area contributed by atoms with Crippen LogP contribution in [0.1, 0.15) is 48.0 Å². The van der Waals surface area contributed by atoms with Gasteiger partial charge in [0.1, 0.15) is 0 Å². The maximum Gasteiger partial charge on any atom is 0.255 e. The highest BCUT2D eigenvalue weighted by Gasteiger charge is 2.20. The lowest BCUT2D eigenvalue weighted by molar-refractivity contribution is 0.0951. The van der Waals surface area contributed by atoms with Gasteiger partial charge in [0, 0.05) is 18.8 Å². The van der Waals surface area contributed by atoms with Gasteiger partial charge in [-0.25, -0.2) is 4.98 Å². The number of H-pyrrole nitrogens is 1. The van der Waals surface area contributed by atoms with Crippen molar-refractivity contribution in [3.63, 3.8) is 0 Å². The maximum atomic E-state index is 12.8. The van der Waals surface area contributed by atoms with E-state index in [0.29, 0.717) is 23.8 Å². The Bertz CT molecular complexity index is 884. The average molecular weight is 349 g/mol. The Morgan fingerprint density at radius 1 is 1.12 bits per heavy atom. The van der Waals surface area contributed by atoms with Gasteiger partial charge in [-0.15, -0.1) is 0 Å². The van der Waals surface area contributed by atoms with Crippen molar-refractivity contribution in [1.82, 2.24) is 20.5 Å². The van der Waals surface area contributed by atoms with E-state index in [1.807, 2.05) is 30.3 Å². The summed E-state index contributed by atoms with van der Waals surface area (Å²) in [4.78, 5) is 17.2. The summed E-state index contributed by atoms with van der Waals surface area (Å²) in [6.07, 6.45) is 9.38. The first-order valence-electron chi connectivity index (χ1n) is 9.22. The summed E-state index contributed by atoms with van der Waals surface area (Å²) in [6.45, 7) is 0.492. The lowest BCUT2D eigenvalue weighted by Crippen LogP contribution is -2.27. The fourth-order valence-electron chi connectivity index (χ4n) is 3.55. The number of carbonyl (C=O) groups is 1. The molecule has 1 saturated carbocycles. The zero-order chi connectivity index (χ0) is 17.8. The van der Waals surface area contributed by atoms with Gasteiger partial charge < -0.3 is 10.6 Å². The molecule has 1 amide bonds. The summed E-state index contributed by atoms with van der Waals surface area (Å²) in [5.41, 5.74) is 3.17. The molecule has 3 aromatic rings. The summed E-state index contributed by atoms with van der Waals surface area (Å²) in [7, 11) is 0. The predicted molar refractivity (Wildman–Crippen MR) is 102 cm³/mol. The van der Waals surface area contributed by atoms with Gasteiger partial charge in [0.25, 0.3) is 5.91 Å². The second kappa shape index (κ2) is 7.56. The van der Waals surface area contributed by atoms with Crippen molar-refractivity contribution < 1.29 is 4.79 Å². The highest BCUT2D eigenvalue weighted by Crippen LogP contribution is 2.29. The number of hydrogen-bond donors (Lipinski definition) is 3. The van der Waals surface area contributed by atoms with Crippen LogP contribution in [-0.4, -0.2) is 27.1 Å². The van der Waals surface area contributed by atoms with Crippen LogP contribution < -0.4 is 10.6 Å². The number of anilines is 1. The first-order valence-corrected chi connectivity index (χ1v) is 9.22. The molecule has 2 heterocycles. The highest BCUT2D eigenvalue weighted by molar-refractivity contribution is 6.06. The third-order valence-corrected chi connectivity index (χ3v) is 4.97. The van der Waals surface area contributed by atoms with Gasteiger partial charge in [0.05, 0.1) is 22.8 Å². The molecule has 1 aliphatic rings. The number of nitrogens with one attached hydrogen (secondary N) is 3. The lowest BCUT2D eigenvalue weighted by atomic mass is 9.95. The van der Waals surface area contributed by atoms with Gasteiger partial charge >= 0.3 is 0 Å². The van der Waals surface area contributed by atoms with E-state index in [0.717, 1.165) is 29.5 Å². The van der Waals surface area contributed by atoms with E-state index in [1.54, 1.807) is 12.4 Å². The van der Waals surface area contributed by atoms with E-state index < -0.39 is 0 Å². The number of amides is 1. The summed E-state index contributed by atoms with van der Waals surface area (Å²) < 4.78 is 0. The van der Waals surface area contributed by atoms with Crippen LogP contribution in [0.2, 0.25) is 0 Å². The van der Waals surface area contributed by atoms with Gasteiger partial charge in [-0.2, -0.15) is 5.10 Å². The van der Waals surface area contributed by atoms with Crippen LogP contribution >= 0.6 is 0 Å². The van der Waals surface area contributed by atoms with Crippen LogP contribution in [0.4, 0.5) is 5.69 Å². The number of benzene rings is 1. The van der Waals surface area contributed by atoms with Crippen LogP contribution in [-0.2, 0) is 6.54 Å². The van der Waals surface area contributed by atoms with Gasteiger partial charge in [-0.3, -0.25) is 9.89 Å². The highest BCUT2D eigenvalue weighted by atomic mass is 16.1. The molecule has 0 radical (unpaired) electrons. The largest absolute Gasteiger partial charge is 0.381 e. The third-order valence-electron chi connectivity index (χ3n) is 4.97. The lowest BCUT2D eigenvalue weighted by Gasteiger charge is -2.25. The van der Waals surface area contributed by atoms with Crippen molar-refractivity contribution >= 4 is 22.6 Å². The normalized spacial score (nSPS) is 15.1. The molecule has 1 aromatic carbocycles. The first kappa shape index (κ1) is 16.6. The van der Waals surface area contributed by atoms with Crippen molar-refractivity contribution in [3.05, 3.63) is 53.9 Å². The van der Waals surface area contributed by atoms with Crippen LogP contribution in [0, 0.1) is 0 Å². The number of pyridine rings is 1. The van der Waals surface area contributed by atoms with Crippen molar-refractivity contribution in [1.29, 1.82) is 0 Å². The number of fused-ring (bicyclic) bond motifs is 1. The Kier molecular flexibility index (Phi) is 4.82. The number of carbonyl (C=O) groups excluding carboxylic acids is 1. The van der Waals surface area contributed by atoms with Gasteiger partial charge in [0.15, 0.2) is 5.65 Å². The van der Waals surface area contributed by atoms with Crippen LogP contribution in [0.15, 0.2) is 42.7 Å². The standard InChI is InChI=1S/C20H23N5O/c26-20(22-11-14-7-3-1-4-8-14)17-12-21-19-16(13-23-25-19)18(17)24-15-9-5-2-6-10-15/h1,3-4,7-8,12-13,15H,2,5-6,9-11H2,(H,22,26)(H2,21,23,24,25). The summed E-state index contributed by atoms with van der Waals surface area (Å²) >= 11 is 0. The van der Waals surface area contributed by atoms with Crippen LogP contribution in [0.5, 0.6) is 0 Å². The molecular weight excluding hydrogens is 326 g/mol. The Morgan fingerprint density at radius 3 is 2.73 bits per heavy atom. The number of nitrogens with zero attached hydrogens (tertiary/aromatic N) is 2. The number of aromatic nitrogens is 3. The average Bonchev–Trinajstić information content (AvgIpc) is 3.17. The van der Waals surface area contributed by atoms with Gasteiger partial charge in [0.2, 0.25) is 0 Å². The SMILES string of the molecule is O=C(NCc1ccccc1)c1cnc2[nH]ncc2c1NC1CCCCC1. The fraction of sp³-hybridized carbons (Fsp3) is 0.350. The molecule has 4 rings (SSSR count). The molecule has 2 aromatic heterocycles. The molecule has 0 spiro atoms. The number of aromatic amines is 1. The Morgan fingerprint density at radius 2 is 1.92 bits per heavy atom. The van der Waals surface area contributed by atoms with Crippen molar-refractivity contribution in [3.8, 4) is 0 Å². The number of hydrogen-bond acceptors (Lipinski definition) is 4. The smallest absolute Gasteiger partial charge is 0.255 e. The van der Waals surface area contributed by atoms with E-state index in [9.17, 15) is 4.79 Å². The molecule has 0 unspecified atom stereocenters. The second-order valence-corrected chi connectivity index (χ2v) is 6.83. The van der Waals surface area contributed by atoms with Crippen molar-refractivity contribution in [2.24, 2.45) is 0 Å². The van der Waals surface area contributed by atoms with E-state index in [2.05, 4.69) is 25.8 Å². The van der Waals surface area contributed by atoms with Crippen molar-refractivity contribution in [2.75, 3.05) is 5.32 Å². The van der Waals surface area contributed by atoms with E-state index in [4.69, 9.17) is 0 Å². The minimum atomic E-state index is -0.122. The summed E-state index contributed by atoms with van der Waals surface area (Å²) in [5, 5.41) is 14.4. The second-order valence-electron chi connectivity index (χ2n) is 6.83.